The van der Waals surface area contributed by atoms with Crippen molar-refractivity contribution in [1.82, 2.24) is 0 Å². The van der Waals surface area contributed by atoms with E-state index in [1.54, 1.807) is 0 Å². The van der Waals surface area contributed by atoms with Gasteiger partial charge in [0.15, 0.2) is 0 Å². The maximum Gasteiger partial charge on any atom is 0.123 e. The summed E-state index contributed by atoms with van der Waals surface area (Å²) < 4.78 is 12.6. The van der Waals surface area contributed by atoms with E-state index in [2.05, 4.69) is 36.7 Å². The average molecular weight is 259 g/mol. The zero-order valence-corrected chi connectivity index (χ0v) is 10.4. The minimum Gasteiger partial charge on any atom is -0.207 e. The van der Waals surface area contributed by atoms with Crippen molar-refractivity contribution in [1.29, 1.82) is 0 Å². The summed E-state index contributed by atoms with van der Waals surface area (Å²) in [6.45, 7) is 6.57. The molecule has 1 aromatic carbocycles. The van der Waals surface area contributed by atoms with Gasteiger partial charge in [-0.05, 0) is 29.5 Å². The second-order valence-corrected chi connectivity index (χ2v) is 5.77. The Morgan fingerprint density at radius 2 is 1.71 bits per heavy atom. The third kappa shape index (κ3) is 3.41. The molecule has 0 aliphatic rings. The maximum atomic E-state index is 12.6. The van der Waals surface area contributed by atoms with E-state index in [4.69, 9.17) is 0 Å². The number of alkyl halides is 1. The Hall–Kier alpha value is -0.370. The molecule has 78 valence electrons. The Balaban J connectivity index is 2.65. The molecule has 0 spiro atoms. The molecule has 2 heteroatoms. The zero-order valence-electron chi connectivity index (χ0n) is 8.85. The van der Waals surface area contributed by atoms with Crippen LogP contribution < -0.4 is 0 Å². The van der Waals surface area contributed by atoms with E-state index in [1.807, 2.05) is 12.1 Å². The Morgan fingerprint density at radius 1 is 1.21 bits per heavy atom. The highest BCUT2D eigenvalue weighted by molar-refractivity contribution is 9.09. The number of rotatable bonds is 2. The minimum atomic E-state index is -0.171. The molecule has 0 aliphatic carbocycles. The number of benzene rings is 1. The summed E-state index contributed by atoms with van der Waals surface area (Å²) in [6, 6.07) is 6.71. The molecule has 0 fully saturated rings. The molecule has 0 heterocycles. The fourth-order valence-corrected chi connectivity index (χ4v) is 1.51. The predicted octanol–water partition coefficient (Wildman–Crippen LogP) is 4.18. The lowest BCUT2D eigenvalue weighted by Crippen LogP contribution is -2.22. The van der Waals surface area contributed by atoms with Crippen molar-refractivity contribution in [3.05, 3.63) is 35.6 Å². The minimum absolute atomic E-state index is 0.171. The Bertz CT molecular complexity index is 284. The molecule has 0 saturated heterocycles. The van der Waals surface area contributed by atoms with Crippen LogP contribution in [0.3, 0.4) is 0 Å². The van der Waals surface area contributed by atoms with Crippen LogP contribution in [0.2, 0.25) is 0 Å². The van der Waals surface area contributed by atoms with Gasteiger partial charge in [0, 0.05) is 4.83 Å². The molecule has 0 nitrogen and oxygen atoms in total. The van der Waals surface area contributed by atoms with Gasteiger partial charge in [0.05, 0.1) is 0 Å². The van der Waals surface area contributed by atoms with Crippen LogP contribution in [0.25, 0.3) is 0 Å². The maximum absolute atomic E-state index is 12.6. The lowest BCUT2D eigenvalue weighted by atomic mass is 9.88. The van der Waals surface area contributed by atoms with E-state index < -0.39 is 0 Å². The number of hydrogen-bond donors (Lipinski definition) is 0. The summed E-state index contributed by atoms with van der Waals surface area (Å²) in [6.07, 6.45) is 0.934. The average Bonchev–Trinajstić information content (AvgIpc) is 2.07. The highest BCUT2D eigenvalue weighted by Gasteiger charge is 2.21. The van der Waals surface area contributed by atoms with E-state index in [0.29, 0.717) is 4.83 Å². The lowest BCUT2D eigenvalue weighted by molar-refractivity contribution is 0.398. The number of hydrogen-bond acceptors (Lipinski definition) is 0. The van der Waals surface area contributed by atoms with Gasteiger partial charge in [0.25, 0.3) is 0 Å². The van der Waals surface area contributed by atoms with E-state index in [-0.39, 0.29) is 11.2 Å². The van der Waals surface area contributed by atoms with Crippen LogP contribution in [0.5, 0.6) is 0 Å². The highest BCUT2D eigenvalue weighted by atomic mass is 79.9. The molecule has 0 aliphatic heterocycles. The lowest BCUT2D eigenvalue weighted by Gasteiger charge is -2.25. The molecule has 0 aromatic heterocycles. The van der Waals surface area contributed by atoms with Crippen molar-refractivity contribution < 1.29 is 4.39 Å². The van der Waals surface area contributed by atoms with Crippen molar-refractivity contribution >= 4 is 15.9 Å². The normalized spacial score (nSPS) is 14.1. The first-order chi connectivity index (χ1) is 6.39. The monoisotopic (exact) mass is 258 g/mol. The van der Waals surface area contributed by atoms with E-state index in [0.717, 1.165) is 6.42 Å². The van der Waals surface area contributed by atoms with Crippen LogP contribution in [-0.4, -0.2) is 4.83 Å². The van der Waals surface area contributed by atoms with Crippen LogP contribution in [0.15, 0.2) is 24.3 Å². The first-order valence-electron chi connectivity index (χ1n) is 4.78. The van der Waals surface area contributed by atoms with E-state index in [9.17, 15) is 4.39 Å². The van der Waals surface area contributed by atoms with Gasteiger partial charge in [-0.3, -0.25) is 0 Å². The van der Waals surface area contributed by atoms with Gasteiger partial charge in [0.2, 0.25) is 0 Å². The van der Waals surface area contributed by atoms with Crippen LogP contribution in [0.4, 0.5) is 4.39 Å². The SMILES string of the molecule is CC(C)(C)C(Br)Cc1ccc(F)cc1. The summed E-state index contributed by atoms with van der Waals surface area (Å²) in [5, 5.41) is 0. The van der Waals surface area contributed by atoms with Gasteiger partial charge in [-0.1, -0.05) is 48.8 Å². The predicted molar refractivity (Wildman–Crippen MR) is 62.3 cm³/mol. The van der Waals surface area contributed by atoms with Crippen molar-refractivity contribution in [2.45, 2.75) is 32.0 Å². The summed E-state index contributed by atoms with van der Waals surface area (Å²) >= 11 is 3.66. The quantitative estimate of drug-likeness (QED) is 0.699. The van der Waals surface area contributed by atoms with Gasteiger partial charge >= 0.3 is 0 Å². The summed E-state index contributed by atoms with van der Waals surface area (Å²) in [5.74, 6) is -0.171. The molecule has 0 radical (unpaired) electrons. The smallest absolute Gasteiger partial charge is 0.123 e. The van der Waals surface area contributed by atoms with Gasteiger partial charge < -0.3 is 0 Å². The molecule has 1 aromatic rings. The van der Waals surface area contributed by atoms with Gasteiger partial charge in [-0.25, -0.2) is 4.39 Å². The van der Waals surface area contributed by atoms with Crippen LogP contribution in [0, 0.1) is 11.2 Å². The van der Waals surface area contributed by atoms with Crippen LogP contribution in [0.1, 0.15) is 26.3 Å². The molecule has 1 unspecified atom stereocenters. The molecule has 0 bridgehead atoms. The van der Waals surface area contributed by atoms with Crippen LogP contribution in [-0.2, 0) is 6.42 Å². The molecule has 0 N–H and O–H groups in total. The van der Waals surface area contributed by atoms with Gasteiger partial charge in [0.1, 0.15) is 5.82 Å². The zero-order chi connectivity index (χ0) is 10.8. The molecule has 14 heavy (non-hydrogen) atoms. The third-order valence-electron chi connectivity index (χ3n) is 2.27. The summed E-state index contributed by atoms with van der Waals surface area (Å²) in [5.41, 5.74) is 1.40. The first-order valence-corrected chi connectivity index (χ1v) is 5.69. The summed E-state index contributed by atoms with van der Waals surface area (Å²) in [7, 11) is 0. The Labute approximate surface area is 93.7 Å². The van der Waals surface area contributed by atoms with Crippen molar-refractivity contribution in [2.24, 2.45) is 5.41 Å². The largest absolute Gasteiger partial charge is 0.207 e. The summed E-state index contributed by atoms with van der Waals surface area (Å²) in [4.78, 5) is 0.417. The Morgan fingerprint density at radius 3 is 2.14 bits per heavy atom. The standard InChI is InChI=1S/C12H16BrF/c1-12(2,3)11(13)8-9-4-6-10(14)7-5-9/h4-7,11H,8H2,1-3H3. The third-order valence-corrected chi connectivity index (χ3v) is 3.97. The molecule has 1 rings (SSSR count). The molecule has 1 atom stereocenters. The molecule has 0 saturated carbocycles. The molecular weight excluding hydrogens is 243 g/mol. The fourth-order valence-electron chi connectivity index (χ4n) is 1.13. The van der Waals surface area contributed by atoms with Crippen LogP contribution >= 0.6 is 15.9 Å². The first kappa shape index (κ1) is 11.7. The highest BCUT2D eigenvalue weighted by Crippen LogP contribution is 2.28. The Kier molecular flexibility index (Phi) is 3.71. The molecular formula is C12H16BrF. The molecule has 0 amide bonds. The van der Waals surface area contributed by atoms with Crippen molar-refractivity contribution in [3.63, 3.8) is 0 Å². The fraction of sp³-hybridized carbons (Fsp3) is 0.500. The topological polar surface area (TPSA) is 0 Å². The van der Waals surface area contributed by atoms with E-state index in [1.165, 1.54) is 17.7 Å². The van der Waals surface area contributed by atoms with Crippen molar-refractivity contribution in [3.8, 4) is 0 Å². The van der Waals surface area contributed by atoms with Gasteiger partial charge in [-0.2, -0.15) is 0 Å². The number of halogens is 2. The van der Waals surface area contributed by atoms with Gasteiger partial charge in [-0.15, -0.1) is 0 Å². The van der Waals surface area contributed by atoms with Crippen molar-refractivity contribution in [2.75, 3.05) is 0 Å². The van der Waals surface area contributed by atoms with E-state index >= 15 is 0 Å². The second-order valence-electron chi connectivity index (χ2n) is 4.66. The second kappa shape index (κ2) is 4.43.